The summed E-state index contributed by atoms with van der Waals surface area (Å²) in [5.41, 5.74) is 0. The molecule has 234 valence electrons. The Bertz CT molecular complexity index is 629. The minimum Gasteiger partial charge on any atom is -0.756 e. The lowest BCUT2D eigenvalue weighted by Gasteiger charge is -2.28. The van der Waals surface area contributed by atoms with E-state index in [0.29, 0.717) is 30.5 Å². The Kier molecular flexibility index (Phi) is 23.8. The predicted octanol–water partition coefficient (Wildman–Crippen LogP) is 6.33. The molecule has 0 aliphatic carbocycles. The van der Waals surface area contributed by atoms with E-state index in [4.69, 9.17) is 23.6 Å². The molecule has 0 aromatic heterocycles. The highest BCUT2D eigenvalue weighted by Gasteiger charge is 2.18. The molecule has 0 aliphatic heterocycles. The van der Waals surface area contributed by atoms with Gasteiger partial charge in [-0.25, -0.2) is 0 Å². The number of hydrogen-bond acceptors (Lipinski definition) is 7. The van der Waals surface area contributed by atoms with E-state index in [1.807, 2.05) is 28.1 Å². The van der Waals surface area contributed by atoms with Crippen LogP contribution in [0.3, 0.4) is 0 Å². The van der Waals surface area contributed by atoms with Gasteiger partial charge in [0.2, 0.25) is 0 Å². The number of phosphoric acid groups is 1. The Morgan fingerprint density at radius 3 is 1.90 bits per heavy atom. The smallest absolute Gasteiger partial charge is 0.303 e. The first-order valence-electron chi connectivity index (χ1n) is 15.3. The minimum absolute atomic E-state index is 0.0334. The molecule has 0 spiro atoms. The SMILES string of the molecule is CCCCCCCCCCCCCCC(C)OCC(COP(=O)([O-])OCC[N+](C)(C)C)OCCCCC(=O)O. The predicted molar refractivity (Wildman–Crippen MR) is 155 cm³/mol. The van der Waals surface area contributed by atoms with Gasteiger partial charge in [-0.3, -0.25) is 9.36 Å². The normalized spacial score (nSPS) is 15.2. The molecule has 3 atom stereocenters. The number of carbonyl (C=O) groups is 1. The third kappa shape index (κ3) is 28.8. The Hall–Kier alpha value is -0.540. The second kappa shape index (κ2) is 24.1. The molecule has 9 nitrogen and oxygen atoms in total. The van der Waals surface area contributed by atoms with Gasteiger partial charge in [-0.15, -0.1) is 0 Å². The van der Waals surface area contributed by atoms with E-state index >= 15 is 0 Å². The van der Waals surface area contributed by atoms with Gasteiger partial charge in [-0.05, 0) is 26.2 Å². The van der Waals surface area contributed by atoms with Crippen molar-refractivity contribution in [3.05, 3.63) is 0 Å². The van der Waals surface area contributed by atoms with E-state index in [0.717, 1.165) is 12.8 Å². The number of nitrogens with zero attached hydrogens (tertiary/aromatic N) is 1. The summed E-state index contributed by atoms with van der Waals surface area (Å²) in [6.07, 6.45) is 17.2. The van der Waals surface area contributed by atoms with Crippen molar-refractivity contribution >= 4 is 13.8 Å². The van der Waals surface area contributed by atoms with Crippen LogP contribution < -0.4 is 4.89 Å². The first kappa shape index (κ1) is 38.5. The fourth-order valence-corrected chi connectivity index (χ4v) is 4.77. The maximum absolute atomic E-state index is 12.2. The number of phosphoric ester groups is 1. The van der Waals surface area contributed by atoms with Gasteiger partial charge in [-0.1, -0.05) is 84.0 Å². The molecule has 10 heteroatoms. The number of likely N-dealkylation sites (N-methyl/N-ethyl adjacent to an activating group) is 1. The monoisotopic (exact) mass is 581 g/mol. The third-order valence-electron chi connectivity index (χ3n) is 6.60. The van der Waals surface area contributed by atoms with E-state index in [9.17, 15) is 14.3 Å². The van der Waals surface area contributed by atoms with Crippen LogP contribution in [-0.4, -0.2) is 81.9 Å². The fourth-order valence-electron chi connectivity index (χ4n) is 4.04. The van der Waals surface area contributed by atoms with E-state index in [2.05, 4.69) is 6.92 Å². The van der Waals surface area contributed by atoms with Gasteiger partial charge in [0.05, 0.1) is 40.5 Å². The summed E-state index contributed by atoms with van der Waals surface area (Å²) in [5, 5.41) is 8.79. The van der Waals surface area contributed by atoms with Crippen LogP contribution in [0.25, 0.3) is 0 Å². The van der Waals surface area contributed by atoms with Crippen molar-refractivity contribution in [3.63, 3.8) is 0 Å². The summed E-state index contributed by atoms with van der Waals surface area (Å²) in [6.45, 7) is 5.16. The summed E-state index contributed by atoms with van der Waals surface area (Å²) < 4.78 is 34.5. The van der Waals surface area contributed by atoms with Crippen LogP contribution in [0.15, 0.2) is 0 Å². The molecule has 3 unspecified atom stereocenters. The molecule has 0 saturated heterocycles. The molecular formula is C29H60NO8P. The molecule has 0 amide bonds. The average molecular weight is 582 g/mol. The molecule has 0 aromatic carbocycles. The Morgan fingerprint density at radius 2 is 1.36 bits per heavy atom. The van der Waals surface area contributed by atoms with Crippen LogP contribution in [0.5, 0.6) is 0 Å². The summed E-state index contributed by atoms with van der Waals surface area (Å²) in [5.74, 6) is -0.844. The zero-order valence-corrected chi connectivity index (χ0v) is 26.6. The van der Waals surface area contributed by atoms with Crippen LogP contribution in [0, 0.1) is 0 Å². The van der Waals surface area contributed by atoms with Crippen LogP contribution >= 0.6 is 7.82 Å². The van der Waals surface area contributed by atoms with Crippen LogP contribution in [0.4, 0.5) is 0 Å². The Morgan fingerprint density at radius 1 is 0.795 bits per heavy atom. The number of hydrogen-bond donors (Lipinski definition) is 1. The highest BCUT2D eigenvalue weighted by atomic mass is 31.2. The molecule has 0 aromatic rings. The maximum atomic E-state index is 12.2. The van der Waals surface area contributed by atoms with Gasteiger partial charge in [0.1, 0.15) is 19.3 Å². The largest absolute Gasteiger partial charge is 0.756 e. The van der Waals surface area contributed by atoms with Gasteiger partial charge in [0.15, 0.2) is 0 Å². The van der Waals surface area contributed by atoms with E-state index in [-0.39, 0.29) is 32.3 Å². The van der Waals surface area contributed by atoms with Crippen LogP contribution in [0.2, 0.25) is 0 Å². The lowest BCUT2D eigenvalue weighted by Crippen LogP contribution is -2.37. The number of rotatable bonds is 29. The number of carboxylic acids is 1. The standard InChI is InChI=1S/C29H60NO8P/c1-6-7-8-9-10-11-12-13-14-15-16-17-20-27(2)36-25-28(35-23-19-18-21-29(31)32)26-38-39(33,34)37-24-22-30(3,4)5/h27-28H,6-26H2,1-5H3,(H-,31,32,33,34). The first-order valence-corrected chi connectivity index (χ1v) is 16.8. The number of ether oxygens (including phenoxy) is 2. The lowest BCUT2D eigenvalue weighted by molar-refractivity contribution is -0.870. The van der Waals surface area contributed by atoms with Gasteiger partial charge in [0.25, 0.3) is 7.82 Å². The highest BCUT2D eigenvalue weighted by Crippen LogP contribution is 2.38. The van der Waals surface area contributed by atoms with Gasteiger partial charge in [0, 0.05) is 13.0 Å². The topological polar surface area (TPSA) is 114 Å². The zero-order chi connectivity index (χ0) is 29.4. The number of carboxylic acid groups (broad SMARTS) is 1. The Balaban J connectivity index is 4.22. The van der Waals surface area contributed by atoms with E-state index < -0.39 is 19.9 Å². The highest BCUT2D eigenvalue weighted by molar-refractivity contribution is 7.45. The van der Waals surface area contributed by atoms with Crippen molar-refractivity contribution < 1.29 is 42.4 Å². The van der Waals surface area contributed by atoms with Crippen LogP contribution in [-0.2, 0) is 27.9 Å². The summed E-state index contributed by atoms with van der Waals surface area (Å²) in [4.78, 5) is 22.9. The molecule has 1 N–H and O–H groups in total. The quantitative estimate of drug-likeness (QED) is 0.0619. The van der Waals surface area contributed by atoms with Gasteiger partial charge >= 0.3 is 5.97 Å². The Labute approximate surface area is 239 Å². The van der Waals surface area contributed by atoms with Crippen molar-refractivity contribution in [2.24, 2.45) is 0 Å². The van der Waals surface area contributed by atoms with Crippen LogP contribution in [0.1, 0.15) is 117 Å². The first-order chi connectivity index (χ1) is 18.4. The number of quaternary nitrogens is 1. The minimum atomic E-state index is -4.45. The zero-order valence-electron chi connectivity index (χ0n) is 25.7. The average Bonchev–Trinajstić information content (AvgIpc) is 2.84. The summed E-state index contributed by atoms with van der Waals surface area (Å²) in [6, 6.07) is 0. The second-order valence-electron chi connectivity index (χ2n) is 11.8. The summed E-state index contributed by atoms with van der Waals surface area (Å²) >= 11 is 0. The van der Waals surface area contributed by atoms with Crippen molar-refractivity contribution in [1.82, 2.24) is 0 Å². The number of aliphatic carboxylic acids is 1. The molecular weight excluding hydrogens is 521 g/mol. The molecule has 0 aliphatic rings. The van der Waals surface area contributed by atoms with Crippen molar-refractivity contribution in [2.45, 2.75) is 129 Å². The molecule has 0 bridgehead atoms. The van der Waals surface area contributed by atoms with E-state index in [1.54, 1.807) is 0 Å². The lowest BCUT2D eigenvalue weighted by atomic mass is 10.0. The second-order valence-corrected chi connectivity index (χ2v) is 13.2. The molecule has 0 saturated carbocycles. The number of unbranched alkanes of at least 4 members (excludes halogenated alkanes) is 12. The van der Waals surface area contributed by atoms with E-state index in [1.165, 1.54) is 70.6 Å². The molecule has 0 radical (unpaired) electrons. The molecule has 0 fully saturated rings. The van der Waals surface area contributed by atoms with Gasteiger partial charge < -0.3 is 33.0 Å². The van der Waals surface area contributed by atoms with Crippen molar-refractivity contribution in [3.8, 4) is 0 Å². The third-order valence-corrected chi connectivity index (χ3v) is 7.56. The maximum Gasteiger partial charge on any atom is 0.303 e. The van der Waals surface area contributed by atoms with Crippen molar-refractivity contribution in [2.75, 3.05) is 54.1 Å². The summed E-state index contributed by atoms with van der Waals surface area (Å²) in [7, 11) is 1.39. The fraction of sp³-hybridized carbons (Fsp3) is 0.966. The molecule has 0 rings (SSSR count). The molecule has 39 heavy (non-hydrogen) atoms. The van der Waals surface area contributed by atoms with Crippen molar-refractivity contribution in [1.29, 1.82) is 0 Å². The molecule has 0 heterocycles. The van der Waals surface area contributed by atoms with Gasteiger partial charge in [-0.2, -0.15) is 0 Å².